The molecule has 1 aliphatic heterocycles. The number of fused-ring (bicyclic) bond motifs is 1. The van der Waals surface area contributed by atoms with Gasteiger partial charge in [0.2, 0.25) is 0 Å². The molecule has 0 radical (unpaired) electrons. The number of nitrogens with one attached hydrogen (secondary N) is 1. The molecule has 1 aliphatic rings. The average molecular weight is 335 g/mol. The maximum Gasteiger partial charge on any atom is 0.262 e. The van der Waals surface area contributed by atoms with Crippen molar-refractivity contribution < 1.29 is 14.3 Å². The lowest BCUT2D eigenvalue weighted by Gasteiger charge is -2.08. The molecule has 1 aromatic carbocycles. The second-order valence-electron chi connectivity index (χ2n) is 5.46. The van der Waals surface area contributed by atoms with E-state index in [-0.39, 0.29) is 5.57 Å². The van der Waals surface area contributed by atoms with Crippen LogP contribution in [0.25, 0.3) is 6.08 Å². The number of carbonyl (C=O) groups is 1. The molecule has 2 heterocycles. The summed E-state index contributed by atoms with van der Waals surface area (Å²) in [5.41, 5.74) is 1.65. The first-order valence-electron chi connectivity index (χ1n) is 7.95. The minimum Gasteiger partial charge on any atom is -0.490 e. The maximum absolute atomic E-state index is 12.2. The number of rotatable bonds is 4. The van der Waals surface area contributed by atoms with Crippen LogP contribution in [0.3, 0.4) is 0 Å². The Kier molecular flexibility index (Phi) is 5.27. The number of pyridine rings is 1. The summed E-state index contributed by atoms with van der Waals surface area (Å²) in [4.78, 5) is 16.1. The van der Waals surface area contributed by atoms with Gasteiger partial charge in [0.05, 0.1) is 13.2 Å². The van der Waals surface area contributed by atoms with Gasteiger partial charge < -0.3 is 14.8 Å². The molecule has 6 nitrogen and oxygen atoms in total. The summed E-state index contributed by atoms with van der Waals surface area (Å²) in [6.07, 6.45) is 5.66. The van der Waals surface area contributed by atoms with Crippen molar-refractivity contribution in [3.8, 4) is 17.6 Å². The van der Waals surface area contributed by atoms with E-state index >= 15 is 0 Å². The second-order valence-corrected chi connectivity index (χ2v) is 5.46. The molecule has 1 N–H and O–H groups in total. The molecule has 3 rings (SSSR count). The Hall–Kier alpha value is -3.33. The summed E-state index contributed by atoms with van der Waals surface area (Å²) in [6, 6.07) is 10.9. The van der Waals surface area contributed by atoms with Crippen molar-refractivity contribution in [1.82, 2.24) is 10.3 Å². The highest BCUT2D eigenvalue weighted by molar-refractivity contribution is 6.01. The third-order valence-corrected chi connectivity index (χ3v) is 3.65. The van der Waals surface area contributed by atoms with Crippen LogP contribution < -0.4 is 14.8 Å². The van der Waals surface area contributed by atoms with Crippen molar-refractivity contribution in [2.45, 2.75) is 13.0 Å². The number of hydrogen-bond acceptors (Lipinski definition) is 5. The quantitative estimate of drug-likeness (QED) is 0.685. The highest BCUT2D eigenvalue weighted by Crippen LogP contribution is 2.31. The zero-order valence-corrected chi connectivity index (χ0v) is 13.6. The molecule has 1 amide bonds. The van der Waals surface area contributed by atoms with E-state index in [1.807, 2.05) is 6.07 Å². The standard InChI is InChI=1S/C19H17N3O3/c20-12-16(19(23)22-13-14-4-6-21-7-5-14)10-15-2-3-17-18(11-15)25-9-1-8-24-17/h2-7,10-11H,1,8-9,13H2,(H,22,23)/b16-10+. The highest BCUT2D eigenvalue weighted by atomic mass is 16.5. The van der Waals surface area contributed by atoms with E-state index in [0.29, 0.717) is 36.8 Å². The normalized spacial score (nSPS) is 13.5. The third kappa shape index (κ3) is 4.36. The molecule has 0 saturated heterocycles. The molecule has 0 spiro atoms. The molecule has 1 aromatic heterocycles. The Morgan fingerprint density at radius 1 is 1.20 bits per heavy atom. The number of nitrogens with zero attached hydrogens (tertiary/aromatic N) is 2. The predicted octanol–water partition coefficient (Wildman–Crippen LogP) is 2.47. The lowest BCUT2D eigenvalue weighted by atomic mass is 10.1. The van der Waals surface area contributed by atoms with Crippen LogP contribution in [-0.2, 0) is 11.3 Å². The Morgan fingerprint density at radius 2 is 1.96 bits per heavy atom. The van der Waals surface area contributed by atoms with Gasteiger partial charge in [-0.05, 0) is 41.5 Å². The van der Waals surface area contributed by atoms with Gasteiger partial charge in [0, 0.05) is 25.4 Å². The van der Waals surface area contributed by atoms with Crippen molar-refractivity contribution >= 4 is 12.0 Å². The Bertz CT molecular complexity index is 826. The topological polar surface area (TPSA) is 84.2 Å². The molecule has 0 bridgehead atoms. The van der Waals surface area contributed by atoms with Crippen LogP contribution in [0.1, 0.15) is 17.5 Å². The number of hydrogen-bond donors (Lipinski definition) is 1. The molecular formula is C19H17N3O3. The smallest absolute Gasteiger partial charge is 0.262 e. The number of nitriles is 1. The fourth-order valence-electron chi connectivity index (χ4n) is 2.36. The van der Waals surface area contributed by atoms with E-state index in [9.17, 15) is 10.1 Å². The van der Waals surface area contributed by atoms with Gasteiger partial charge in [-0.2, -0.15) is 5.26 Å². The highest BCUT2D eigenvalue weighted by Gasteiger charge is 2.12. The van der Waals surface area contributed by atoms with Gasteiger partial charge >= 0.3 is 0 Å². The second kappa shape index (κ2) is 7.97. The first-order chi connectivity index (χ1) is 12.3. The van der Waals surface area contributed by atoms with Crippen LogP contribution in [0.4, 0.5) is 0 Å². The van der Waals surface area contributed by atoms with Gasteiger partial charge in [0.15, 0.2) is 11.5 Å². The zero-order chi connectivity index (χ0) is 17.5. The molecular weight excluding hydrogens is 318 g/mol. The van der Waals surface area contributed by atoms with Crippen LogP contribution in [0.5, 0.6) is 11.5 Å². The molecule has 0 atom stereocenters. The zero-order valence-electron chi connectivity index (χ0n) is 13.6. The van der Waals surface area contributed by atoms with E-state index in [2.05, 4.69) is 10.3 Å². The summed E-state index contributed by atoms with van der Waals surface area (Å²) < 4.78 is 11.2. The van der Waals surface area contributed by atoms with Crippen molar-refractivity contribution in [2.24, 2.45) is 0 Å². The van der Waals surface area contributed by atoms with Gasteiger partial charge in [-0.15, -0.1) is 0 Å². The molecule has 6 heteroatoms. The van der Waals surface area contributed by atoms with Gasteiger partial charge in [0.25, 0.3) is 5.91 Å². The van der Waals surface area contributed by atoms with Gasteiger partial charge in [-0.3, -0.25) is 9.78 Å². The van der Waals surface area contributed by atoms with Crippen molar-refractivity contribution in [3.05, 3.63) is 59.4 Å². The van der Waals surface area contributed by atoms with Crippen LogP contribution in [0, 0.1) is 11.3 Å². The molecule has 2 aromatic rings. The van der Waals surface area contributed by atoms with Gasteiger partial charge in [-0.25, -0.2) is 0 Å². The Morgan fingerprint density at radius 3 is 2.72 bits per heavy atom. The number of ether oxygens (including phenoxy) is 2. The number of benzene rings is 1. The van der Waals surface area contributed by atoms with E-state index in [4.69, 9.17) is 9.47 Å². The lowest BCUT2D eigenvalue weighted by molar-refractivity contribution is -0.117. The van der Waals surface area contributed by atoms with Crippen LogP contribution in [-0.4, -0.2) is 24.1 Å². The lowest BCUT2D eigenvalue weighted by Crippen LogP contribution is -2.23. The Labute approximate surface area is 145 Å². The van der Waals surface area contributed by atoms with E-state index in [1.165, 1.54) is 6.08 Å². The van der Waals surface area contributed by atoms with Crippen LogP contribution >= 0.6 is 0 Å². The monoisotopic (exact) mass is 335 g/mol. The summed E-state index contributed by atoms with van der Waals surface area (Å²) >= 11 is 0. The first kappa shape index (κ1) is 16.5. The molecule has 0 fully saturated rings. The van der Waals surface area contributed by atoms with Crippen molar-refractivity contribution in [1.29, 1.82) is 5.26 Å². The van der Waals surface area contributed by atoms with E-state index < -0.39 is 5.91 Å². The fraction of sp³-hybridized carbons (Fsp3) is 0.211. The summed E-state index contributed by atoms with van der Waals surface area (Å²) in [5.74, 6) is 0.877. The SMILES string of the molecule is N#C/C(=C\c1ccc2c(c1)OCCCO2)C(=O)NCc1ccncc1. The Balaban J connectivity index is 1.72. The first-order valence-corrected chi connectivity index (χ1v) is 7.95. The van der Waals surface area contributed by atoms with Crippen LogP contribution in [0.15, 0.2) is 48.3 Å². The fourth-order valence-corrected chi connectivity index (χ4v) is 2.36. The van der Waals surface area contributed by atoms with E-state index in [1.54, 1.807) is 42.7 Å². The molecule has 25 heavy (non-hydrogen) atoms. The minimum atomic E-state index is -0.425. The number of amides is 1. The predicted molar refractivity (Wildman–Crippen MR) is 91.7 cm³/mol. The van der Waals surface area contributed by atoms with Crippen molar-refractivity contribution in [3.63, 3.8) is 0 Å². The summed E-state index contributed by atoms with van der Waals surface area (Å²) in [7, 11) is 0. The number of carbonyl (C=O) groups excluding carboxylic acids is 1. The van der Waals surface area contributed by atoms with Crippen LogP contribution in [0.2, 0.25) is 0 Å². The largest absolute Gasteiger partial charge is 0.490 e. The van der Waals surface area contributed by atoms with E-state index in [0.717, 1.165) is 12.0 Å². The molecule has 0 unspecified atom stereocenters. The molecule has 126 valence electrons. The number of aromatic nitrogens is 1. The average Bonchev–Trinajstić information content (AvgIpc) is 2.90. The molecule has 0 saturated carbocycles. The summed E-state index contributed by atoms with van der Waals surface area (Å²) in [6.45, 7) is 1.53. The minimum absolute atomic E-state index is 0.0311. The molecule has 0 aliphatic carbocycles. The third-order valence-electron chi connectivity index (χ3n) is 3.65. The van der Waals surface area contributed by atoms with Gasteiger partial charge in [-0.1, -0.05) is 6.07 Å². The summed E-state index contributed by atoms with van der Waals surface area (Å²) in [5, 5.41) is 12.0. The van der Waals surface area contributed by atoms with Gasteiger partial charge in [0.1, 0.15) is 11.6 Å². The maximum atomic E-state index is 12.2. The van der Waals surface area contributed by atoms with Crippen molar-refractivity contribution in [2.75, 3.05) is 13.2 Å².